The van der Waals surface area contributed by atoms with Crippen molar-refractivity contribution in [3.8, 4) is 0 Å². The first-order valence-electron chi connectivity index (χ1n) is 7.37. The summed E-state index contributed by atoms with van der Waals surface area (Å²) in [5.74, 6) is 0.837. The molecular weight excluding hydrogens is 220 g/mol. The van der Waals surface area contributed by atoms with Crippen molar-refractivity contribution < 1.29 is 0 Å². The maximum Gasteiger partial charge on any atom is 0.0236 e. The molecule has 0 bridgehead atoms. The Kier molecular flexibility index (Phi) is 3.67. The fourth-order valence-electron chi connectivity index (χ4n) is 3.05. The summed E-state index contributed by atoms with van der Waals surface area (Å²) in [5.41, 5.74) is 9.27. The lowest BCUT2D eigenvalue weighted by atomic mass is 10.0. The molecular formula is C16H24N2. The summed E-state index contributed by atoms with van der Waals surface area (Å²) >= 11 is 0. The van der Waals surface area contributed by atoms with Crippen LogP contribution < -0.4 is 5.73 Å². The third-order valence-corrected chi connectivity index (χ3v) is 4.44. The van der Waals surface area contributed by atoms with Gasteiger partial charge in [-0.25, -0.2) is 0 Å². The fourth-order valence-corrected chi connectivity index (χ4v) is 3.05. The molecule has 2 nitrogen and oxygen atoms in total. The zero-order chi connectivity index (χ0) is 12.4. The Bertz CT molecular complexity index is 398. The van der Waals surface area contributed by atoms with E-state index in [0.717, 1.165) is 12.5 Å². The van der Waals surface area contributed by atoms with Crippen LogP contribution in [0.5, 0.6) is 0 Å². The average Bonchev–Trinajstić information content (AvgIpc) is 3.21. The van der Waals surface area contributed by atoms with Gasteiger partial charge in [-0.2, -0.15) is 0 Å². The lowest BCUT2D eigenvalue weighted by Gasteiger charge is -2.22. The van der Waals surface area contributed by atoms with Crippen molar-refractivity contribution >= 4 is 0 Å². The van der Waals surface area contributed by atoms with Crippen molar-refractivity contribution in [3.05, 3.63) is 35.4 Å². The Hall–Kier alpha value is -0.860. The van der Waals surface area contributed by atoms with Gasteiger partial charge in [-0.05, 0) is 62.2 Å². The average molecular weight is 244 g/mol. The van der Waals surface area contributed by atoms with E-state index in [1.807, 2.05) is 0 Å². The van der Waals surface area contributed by atoms with Crippen molar-refractivity contribution in [3.63, 3.8) is 0 Å². The van der Waals surface area contributed by atoms with Crippen molar-refractivity contribution in [1.82, 2.24) is 4.90 Å². The predicted octanol–water partition coefficient (Wildman–Crippen LogP) is 2.56. The molecule has 98 valence electrons. The predicted molar refractivity (Wildman–Crippen MR) is 75.4 cm³/mol. The molecule has 2 heteroatoms. The Morgan fingerprint density at radius 1 is 1.22 bits per heavy atom. The zero-order valence-electron chi connectivity index (χ0n) is 11.1. The molecule has 0 amide bonds. The summed E-state index contributed by atoms with van der Waals surface area (Å²) in [6, 6.07) is 9.35. The second-order valence-electron chi connectivity index (χ2n) is 5.94. The summed E-state index contributed by atoms with van der Waals surface area (Å²) in [4.78, 5) is 2.59. The van der Waals surface area contributed by atoms with Gasteiger partial charge in [0.1, 0.15) is 0 Å². The third-order valence-electron chi connectivity index (χ3n) is 4.44. The second-order valence-corrected chi connectivity index (χ2v) is 5.94. The van der Waals surface area contributed by atoms with E-state index in [0.29, 0.717) is 6.04 Å². The van der Waals surface area contributed by atoms with E-state index in [1.165, 1.54) is 50.8 Å². The molecule has 1 aromatic rings. The summed E-state index contributed by atoms with van der Waals surface area (Å²) in [5, 5.41) is 0. The minimum Gasteiger partial charge on any atom is -0.327 e. The van der Waals surface area contributed by atoms with Crippen LogP contribution in [0.3, 0.4) is 0 Å². The van der Waals surface area contributed by atoms with Crippen LogP contribution in [0.1, 0.15) is 36.8 Å². The minimum atomic E-state index is 0.448. The standard InChI is InChI=1S/C16H24N2/c17-16(14-7-8-14)9-11-18-10-3-6-13-4-1-2-5-15(13)12-18/h1-2,4-5,14,16H,3,6-12,17H2. The van der Waals surface area contributed by atoms with Crippen LogP contribution in [0.15, 0.2) is 24.3 Å². The smallest absolute Gasteiger partial charge is 0.0236 e. The van der Waals surface area contributed by atoms with E-state index in [-0.39, 0.29) is 0 Å². The number of nitrogens with zero attached hydrogens (tertiary/aromatic N) is 1. The molecule has 18 heavy (non-hydrogen) atoms. The molecule has 0 aromatic heterocycles. The number of benzene rings is 1. The number of aryl methyl sites for hydroxylation is 1. The number of hydrogen-bond donors (Lipinski definition) is 1. The van der Waals surface area contributed by atoms with Gasteiger partial charge < -0.3 is 5.73 Å². The topological polar surface area (TPSA) is 29.3 Å². The Labute approximate surface area is 110 Å². The molecule has 1 fully saturated rings. The number of hydrogen-bond acceptors (Lipinski definition) is 2. The van der Waals surface area contributed by atoms with Crippen LogP contribution in [0.25, 0.3) is 0 Å². The molecule has 1 unspecified atom stereocenters. The maximum absolute atomic E-state index is 6.20. The minimum absolute atomic E-state index is 0.448. The van der Waals surface area contributed by atoms with Crippen LogP contribution in [-0.2, 0) is 13.0 Å². The van der Waals surface area contributed by atoms with E-state index in [4.69, 9.17) is 5.73 Å². The second kappa shape index (κ2) is 5.41. The Balaban J connectivity index is 1.57. The van der Waals surface area contributed by atoms with Gasteiger partial charge in [0, 0.05) is 12.6 Å². The Morgan fingerprint density at radius 2 is 2.00 bits per heavy atom. The van der Waals surface area contributed by atoms with Crippen molar-refractivity contribution in [2.45, 2.75) is 44.7 Å². The first kappa shape index (κ1) is 12.2. The summed E-state index contributed by atoms with van der Waals surface area (Å²) in [6.45, 7) is 3.52. The van der Waals surface area contributed by atoms with Gasteiger partial charge in [-0.15, -0.1) is 0 Å². The number of nitrogens with two attached hydrogens (primary N) is 1. The highest BCUT2D eigenvalue weighted by Crippen LogP contribution is 2.33. The van der Waals surface area contributed by atoms with Crippen LogP contribution in [0, 0.1) is 5.92 Å². The van der Waals surface area contributed by atoms with E-state index >= 15 is 0 Å². The van der Waals surface area contributed by atoms with E-state index < -0.39 is 0 Å². The molecule has 1 saturated carbocycles. The molecule has 1 aliphatic carbocycles. The van der Waals surface area contributed by atoms with Gasteiger partial charge in [0.2, 0.25) is 0 Å². The highest BCUT2D eigenvalue weighted by atomic mass is 15.1. The van der Waals surface area contributed by atoms with Gasteiger partial charge in [-0.1, -0.05) is 24.3 Å². The van der Waals surface area contributed by atoms with Gasteiger partial charge in [-0.3, -0.25) is 4.90 Å². The van der Waals surface area contributed by atoms with Crippen LogP contribution in [0.4, 0.5) is 0 Å². The maximum atomic E-state index is 6.20. The van der Waals surface area contributed by atoms with Gasteiger partial charge in [0.15, 0.2) is 0 Å². The van der Waals surface area contributed by atoms with Crippen LogP contribution >= 0.6 is 0 Å². The van der Waals surface area contributed by atoms with Crippen molar-refractivity contribution in [2.24, 2.45) is 11.7 Å². The molecule has 2 aliphatic rings. The quantitative estimate of drug-likeness (QED) is 0.882. The van der Waals surface area contributed by atoms with Gasteiger partial charge >= 0.3 is 0 Å². The number of fused-ring (bicyclic) bond motifs is 1. The highest BCUT2D eigenvalue weighted by Gasteiger charge is 2.28. The molecule has 1 aliphatic heterocycles. The fraction of sp³-hybridized carbons (Fsp3) is 0.625. The SMILES string of the molecule is NC(CCN1CCCc2ccccc2C1)C1CC1. The van der Waals surface area contributed by atoms with Crippen LogP contribution in [0.2, 0.25) is 0 Å². The molecule has 0 spiro atoms. The molecule has 1 atom stereocenters. The zero-order valence-corrected chi connectivity index (χ0v) is 11.1. The Morgan fingerprint density at radius 3 is 2.78 bits per heavy atom. The van der Waals surface area contributed by atoms with Crippen molar-refractivity contribution in [1.29, 1.82) is 0 Å². The largest absolute Gasteiger partial charge is 0.327 e. The highest BCUT2D eigenvalue weighted by molar-refractivity contribution is 5.27. The summed E-state index contributed by atoms with van der Waals surface area (Å²) in [7, 11) is 0. The van der Waals surface area contributed by atoms with Crippen LogP contribution in [-0.4, -0.2) is 24.0 Å². The molecule has 0 radical (unpaired) electrons. The van der Waals surface area contributed by atoms with Gasteiger partial charge in [0.05, 0.1) is 0 Å². The monoisotopic (exact) mass is 244 g/mol. The molecule has 1 aromatic carbocycles. The molecule has 1 heterocycles. The normalized spacial score (nSPS) is 22.3. The third kappa shape index (κ3) is 2.93. The first-order valence-corrected chi connectivity index (χ1v) is 7.37. The summed E-state index contributed by atoms with van der Waals surface area (Å²) in [6.07, 6.45) is 6.43. The molecule has 2 N–H and O–H groups in total. The number of rotatable bonds is 4. The van der Waals surface area contributed by atoms with Gasteiger partial charge in [0.25, 0.3) is 0 Å². The first-order chi connectivity index (χ1) is 8.83. The van der Waals surface area contributed by atoms with E-state index in [1.54, 1.807) is 5.56 Å². The molecule has 0 saturated heterocycles. The summed E-state index contributed by atoms with van der Waals surface area (Å²) < 4.78 is 0. The van der Waals surface area contributed by atoms with E-state index in [2.05, 4.69) is 29.2 Å². The van der Waals surface area contributed by atoms with Crippen molar-refractivity contribution in [2.75, 3.05) is 13.1 Å². The lowest BCUT2D eigenvalue weighted by molar-refractivity contribution is 0.255. The lowest BCUT2D eigenvalue weighted by Crippen LogP contribution is -2.31. The molecule has 3 rings (SSSR count). The van der Waals surface area contributed by atoms with E-state index in [9.17, 15) is 0 Å².